The first-order valence-electron chi connectivity index (χ1n) is 7.63. The minimum absolute atomic E-state index is 0.0573. The summed E-state index contributed by atoms with van der Waals surface area (Å²) >= 11 is 0. The van der Waals surface area contributed by atoms with Crippen LogP contribution in [0.25, 0.3) is 0 Å². The van der Waals surface area contributed by atoms with E-state index in [0.717, 1.165) is 57.9 Å². The molecule has 114 valence electrons. The molecular formula is C15H27N3O2. The van der Waals surface area contributed by atoms with Crippen LogP contribution in [0.3, 0.4) is 0 Å². The Morgan fingerprint density at radius 2 is 2.00 bits per heavy atom. The molecule has 2 N–H and O–H groups in total. The molecule has 1 fully saturated rings. The molecule has 0 aromatic carbocycles. The zero-order valence-electron chi connectivity index (χ0n) is 12.5. The number of hydrogen-bond acceptors (Lipinski definition) is 4. The highest BCUT2D eigenvalue weighted by Gasteiger charge is 2.33. The van der Waals surface area contributed by atoms with Gasteiger partial charge in [0.15, 0.2) is 0 Å². The number of carbonyl (C=O) groups is 1. The van der Waals surface area contributed by atoms with Crippen LogP contribution in [0, 0.1) is 11.3 Å². The van der Waals surface area contributed by atoms with Crippen molar-refractivity contribution < 1.29 is 9.90 Å². The van der Waals surface area contributed by atoms with E-state index in [1.807, 2.05) is 11.9 Å². The molecule has 0 bridgehead atoms. The van der Waals surface area contributed by atoms with Gasteiger partial charge in [0.2, 0.25) is 5.91 Å². The molecule has 20 heavy (non-hydrogen) atoms. The molecule has 0 unspecified atom stereocenters. The molecule has 1 saturated carbocycles. The lowest BCUT2D eigenvalue weighted by atomic mass is 9.83. The molecule has 0 aliphatic heterocycles. The number of rotatable bonds is 8. The second kappa shape index (κ2) is 8.93. The predicted molar refractivity (Wildman–Crippen MR) is 78.0 cm³/mol. The van der Waals surface area contributed by atoms with Crippen LogP contribution in [0.1, 0.15) is 51.4 Å². The van der Waals surface area contributed by atoms with Crippen LogP contribution < -0.4 is 5.32 Å². The van der Waals surface area contributed by atoms with Gasteiger partial charge in [-0.2, -0.15) is 5.26 Å². The van der Waals surface area contributed by atoms with Crippen molar-refractivity contribution in [2.24, 2.45) is 0 Å². The molecule has 1 rings (SSSR count). The summed E-state index contributed by atoms with van der Waals surface area (Å²) in [6, 6.07) is 2.30. The average Bonchev–Trinajstić information content (AvgIpc) is 2.44. The van der Waals surface area contributed by atoms with Crippen LogP contribution >= 0.6 is 0 Å². The summed E-state index contributed by atoms with van der Waals surface area (Å²) in [6.07, 6.45) is 7.51. The first kappa shape index (κ1) is 16.9. The highest BCUT2D eigenvalue weighted by atomic mass is 16.2. The number of amides is 1. The van der Waals surface area contributed by atoms with Crippen molar-refractivity contribution in [1.29, 1.82) is 5.26 Å². The topological polar surface area (TPSA) is 76.4 Å². The monoisotopic (exact) mass is 281 g/mol. The van der Waals surface area contributed by atoms with Crippen molar-refractivity contribution in [3.05, 3.63) is 0 Å². The Hall–Kier alpha value is -1.12. The fraction of sp³-hybridized carbons (Fsp3) is 0.867. The maximum atomic E-state index is 12.0. The lowest BCUT2D eigenvalue weighted by molar-refractivity contribution is -0.123. The van der Waals surface area contributed by atoms with Crippen molar-refractivity contribution >= 4 is 5.91 Å². The number of nitriles is 1. The smallest absolute Gasteiger partial charge is 0.235 e. The van der Waals surface area contributed by atoms with E-state index in [2.05, 4.69) is 11.4 Å². The van der Waals surface area contributed by atoms with Crippen LogP contribution in [-0.2, 0) is 4.79 Å². The summed E-state index contributed by atoms with van der Waals surface area (Å²) in [5.74, 6) is -0.0573. The third kappa shape index (κ3) is 5.89. The Kier molecular flexibility index (Phi) is 7.56. The molecule has 0 spiro atoms. The summed E-state index contributed by atoms with van der Waals surface area (Å²) in [5.41, 5.74) is -0.632. The lowest BCUT2D eigenvalue weighted by Crippen LogP contribution is -2.51. The molecule has 5 heteroatoms. The van der Waals surface area contributed by atoms with Gasteiger partial charge < -0.3 is 10.4 Å². The summed E-state index contributed by atoms with van der Waals surface area (Å²) < 4.78 is 0. The highest BCUT2D eigenvalue weighted by Crippen LogP contribution is 2.27. The molecular weight excluding hydrogens is 254 g/mol. The van der Waals surface area contributed by atoms with Gasteiger partial charge in [0, 0.05) is 6.61 Å². The molecule has 1 aliphatic rings. The highest BCUT2D eigenvalue weighted by molar-refractivity contribution is 5.79. The molecule has 0 radical (unpaired) electrons. The normalized spacial score (nSPS) is 17.7. The van der Waals surface area contributed by atoms with Crippen molar-refractivity contribution in [3.8, 4) is 6.07 Å². The van der Waals surface area contributed by atoms with Gasteiger partial charge >= 0.3 is 0 Å². The second-order valence-corrected chi connectivity index (χ2v) is 5.82. The van der Waals surface area contributed by atoms with E-state index < -0.39 is 5.54 Å². The zero-order valence-corrected chi connectivity index (χ0v) is 12.5. The van der Waals surface area contributed by atoms with E-state index >= 15 is 0 Å². The number of aliphatic hydroxyl groups is 1. The fourth-order valence-corrected chi connectivity index (χ4v) is 2.72. The predicted octanol–water partition coefficient (Wildman–Crippen LogP) is 1.42. The molecule has 1 amide bonds. The van der Waals surface area contributed by atoms with E-state index in [1.54, 1.807) is 0 Å². The third-order valence-electron chi connectivity index (χ3n) is 3.91. The molecule has 0 atom stereocenters. The number of carbonyl (C=O) groups excluding carboxylic acids is 1. The van der Waals surface area contributed by atoms with Crippen LogP contribution in [0.5, 0.6) is 0 Å². The zero-order chi connectivity index (χ0) is 14.8. The number of nitrogens with one attached hydrogen (secondary N) is 1. The van der Waals surface area contributed by atoms with E-state index in [9.17, 15) is 10.1 Å². The molecule has 0 heterocycles. The van der Waals surface area contributed by atoms with Crippen molar-refractivity contribution in [1.82, 2.24) is 10.2 Å². The first-order chi connectivity index (χ1) is 9.62. The standard InChI is InChI=1S/C15H27N3O2/c1-18(10-6-3-7-11-19)12-14(20)17-15(13-16)8-4-2-5-9-15/h19H,2-12H2,1H3,(H,17,20). The van der Waals surface area contributed by atoms with Crippen molar-refractivity contribution in [3.63, 3.8) is 0 Å². The van der Waals surface area contributed by atoms with Crippen molar-refractivity contribution in [2.45, 2.75) is 56.9 Å². The molecule has 0 aromatic heterocycles. The van der Waals surface area contributed by atoms with Gasteiger partial charge in [-0.3, -0.25) is 9.69 Å². The SMILES string of the molecule is CN(CCCCCO)CC(=O)NC1(C#N)CCCCC1. The van der Waals surface area contributed by atoms with Crippen LogP contribution in [0.4, 0.5) is 0 Å². The van der Waals surface area contributed by atoms with Gasteiger partial charge in [-0.1, -0.05) is 19.3 Å². The molecule has 1 aliphatic carbocycles. The van der Waals surface area contributed by atoms with E-state index in [-0.39, 0.29) is 12.5 Å². The number of hydrogen-bond donors (Lipinski definition) is 2. The Labute approximate surface area is 122 Å². The average molecular weight is 281 g/mol. The van der Waals surface area contributed by atoms with E-state index in [0.29, 0.717) is 6.54 Å². The van der Waals surface area contributed by atoms with Crippen LogP contribution in [-0.4, -0.2) is 48.2 Å². The summed E-state index contributed by atoms with van der Waals surface area (Å²) in [7, 11) is 1.92. The van der Waals surface area contributed by atoms with Gasteiger partial charge in [-0.15, -0.1) is 0 Å². The number of likely N-dealkylation sites (N-methyl/N-ethyl adjacent to an activating group) is 1. The second-order valence-electron chi connectivity index (χ2n) is 5.82. The first-order valence-corrected chi connectivity index (χ1v) is 7.63. The van der Waals surface area contributed by atoms with Gasteiger partial charge in [-0.05, 0) is 45.7 Å². The summed E-state index contributed by atoms with van der Waals surface area (Å²) in [4.78, 5) is 14.0. The Morgan fingerprint density at radius 3 is 2.60 bits per heavy atom. The van der Waals surface area contributed by atoms with Crippen LogP contribution in [0.2, 0.25) is 0 Å². The van der Waals surface area contributed by atoms with Gasteiger partial charge in [0.1, 0.15) is 5.54 Å². The minimum Gasteiger partial charge on any atom is -0.396 e. The van der Waals surface area contributed by atoms with E-state index in [1.165, 1.54) is 0 Å². The lowest BCUT2D eigenvalue weighted by Gasteiger charge is -2.32. The maximum Gasteiger partial charge on any atom is 0.235 e. The Balaban J connectivity index is 2.29. The van der Waals surface area contributed by atoms with Crippen LogP contribution in [0.15, 0.2) is 0 Å². The van der Waals surface area contributed by atoms with E-state index in [4.69, 9.17) is 5.11 Å². The van der Waals surface area contributed by atoms with Gasteiger partial charge in [-0.25, -0.2) is 0 Å². The van der Waals surface area contributed by atoms with Crippen molar-refractivity contribution in [2.75, 3.05) is 26.7 Å². The number of aliphatic hydroxyl groups excluding tert-OH is 1. The third-order valence-corrected chi connectivity index (χ3v) is 3.91. The summed E-state index contributed by atoms with van der Waals surface area (Å²) in [5, 5.41) is 21.0. The number of nitrogens with zero attached hydrogens (tertiary/aromatic N) is 2. The molecule has 0 aromatic rings. The summed E-state index contributed by atoms with van der Waals surface area (Å²) in [6.45, 7) is 1.41. The molecule has 0 saturated heterocycles. The Morgan fingerprint density at radius 1 is 1.30 bits per heavy atom. The Bertz CT molecular complexity index is 333. The quantitative estimate of drug-likeness (QED) is 0.660. The fourth-order valence-electron chi connectivity index (χ4n) is 2.72. The largest absolute Gasteiger partial charge is 0.396 e. The van der Waals surface area contributed by atoms with Gasteiger partial charge in [0.05, 0.1) is 12.6 Å². The minimum atomic E-state index is -0.632. The number of unbranched alkanes of at least 4 members (excludes halogenated alkanes) is 2. The molecule has 5 nitrogen and oxygen atoms in total. The maximum absolute atomic E-state index is 12.0. The van der Waals surface area contributed by atoms with Gasteiger partial charge in [0.25, 0.3) is 0 Å².